The van der Waals surface area contributed by atoms with Gasteiger partial charge in [-0.2, -0.15) is 8.78 Å². The maximum Gasteiger partial charge on any atom is 0.387 e. The van der Waals surface area contributed by atoms with Crippen molar-refractivity contribution in [2.45, 2.75) is 38.1 Å². The van der Waals surface area contributed by atoms with E-state index in [9.17, 15) is 8.78 Å². The standard InChI is InChI=1S/C19H22F2N2O.C2H7N.ClH/c20-19(21)24-17-11-5-4-9-15(17)13-23-16-10-6-12-22-18(16)14-7-2-1-3-8-14;1-3-2;/h1-5,7-9,11,16,18-19,22-23H,6,10,12-13H2;3H,1-2H3;1H/t16-,18-;;/m0../s1. The summed E-state index contributed by atoms with van der Waals surface area (Å²) < 4.78 is 29.7. The molecule has 0 saturated carbocycles. The minimum atomic E-state index is -2.81. The van der Waals surface area contributed by atoms with Crippen LogP contribution in [0.4, 0.5) is 8.78 Å². The van der Waals surface area contributed by atoms with Gasteiger partial charge in [0, 0.05) is 24.2 Å². The van der Waals surface area contributed by atoms with Gasteiger partial charge in [-0.3, -0.25) is 0 Å². The van der Waals surface area contributed by atoms with Gasteiger partial charge in [0.15, 0.2) is 0 Å². The summed E-state index contributed by atoms with van der Waals surface area (Å²) in [5, 5.41) is 9.82. The van der Waals surface area contributed by atoms with Crippen LogP contribution >= 0.6 is 12.4 Å². The van der Waals surface area contributed by atoms with Crippen molar-refractivity contribution >= 4 is 12.4 Å². The average Bonchev–Trinajstić information content (AvgIpc) is 2.68. The summed E-state index contributed by atoms with van der Waals surface area (Å²) in [6, 6.07) is 17.7. The lowest BCUT2D eigenvalue weighted by Crippen LogP contribution is -2.45. The molecule has 1 aliphatic rings. The molecule has 0 aromatic heterocycles. The molecule has 0 aliphatic carbocycles. The van der Waals surface area contributed by atoms with Crippen molar-refractivity contribution in [1.29, 1.82) is 0 Å². The highest BCUT2D eigenvalue weighted by atomic mass is 35.5. The number of ether oxygens (including phenoxy) is 1. The van der Waals surface area contributed by atoms with Crippen LogP contribution < -0.4 is 20.7 Å². The normalized spacial score (nSPS) is 18.6. The van der Waals surface area contributed by atoms with Gasteiger partial charge < -0.3 is 20.7 Å². The summed E-state index contributed by atoms with van der Waals surface area (Å²) in [6.07, 6.45) is 2.14. The third-order valence-electron chi connectivity index (χ3n) is 4.36. The average molecular weight is 414 g/mol. The van der Waals surface area contributed by atoms with Gasteiger partial charge in [0.2, 0.25) is 0 Å². The Kier molecular flexibility index (Phi) is 11.7. The number of hydrogen-bond donors (Lipinski definition) is 3. The molecule has 4 nitrogen and oxygen atoms in total. The highest BCUT2D eigenvalue weighted by Gasteiger charge is 2.25. The molecule has 0 bridgehead atoms. The second-order valence-corrected chi connectivity index (χ2v) is 6.46. The number of piperidine rings is 1. The number of nitrogens with one attached hydrogen (secondary N) is 3. The van der Waals surface area contributed by atoms with E-state index < -0.39 is 6.61 Å². The zero-order valence-corrected chi connectivity index (χ0v) is 17.1. The maximum atomic E-state index is 12.5. The topological polar surface area (TPSA) is 45.3 Å². The number of halogens is 3. The SMILES string of the molecule is CNC.Cl.FC(F)Oc1ccccc1CN[C@H]1CCCN[C@H]1c1ccccc1. The molecular weight excluding hydrogens is 384 g/mol. The second kappa shape index (κ2) is 13.4. The van der Waals surface area contributed by atoms with Crippen LogP contribution in [0.3, 0.4) is 0 Å². The first kappa shape index (κ1) is 24.3. The monoisotopic (exact) mass is 413 g/mol. The summed E-state index contributed by atoms with van der Waals surface area (Å²) in [4.78, 5) is 0. The molecule has 0 spiro atoms. The Bertz CT molecular complexity index is 661. The molecule has 0 unspecified atom stereocenters. The molecule has 1 fully saturated rings. The highest BCUT2D eigenvalue weighted by Crippen LogP contribution is 2.25. The van der Waals surface area contributed by atoms with E-state index in [0.29, 0.717) is 6.54 Å². The van der Waals surface area contributed by atoms with Crippen LogP contribution in [-0.4, -0.2) is 33.3 Å². The lowest BCUT2D eigenvalue weighted by Gasteiger charge is -2.34. The van der Waals surface area contributed by atoms with Crippen molar-refractivity contribution in [3.8, 4) is 5.75 Å². The Balaban J connectivity index is 0.000000921. The third-order valence-corrected chi connectivity index (χ3v) is 4.36. The zero-order chi connectivity index (χ0) is 19.5. The molecule has 3 N–H and O–H groups in total. The van der Waals surface area contributed by atoms with Crippen molar-refractivity contribution in [3.05, 3.63) is 65.7 Å². The second-order valence-electron chi connectivity index (χ2n) is 6.46. The highest BCUT2D eigenvalue weighted by molar-refractivity contribution is 5.85. The van der Waals surface area contributed by atoms with Gasteiger partial charge in [0.25, 0.3) is 0 Å². The lowest BCUT2D eigenvalue weighted by molar-refractivity contribution is -0.0505. The van der Waals surface area contributed by atoms with E-state index in [0.717, 1.165) is 24.9 Å². The molecule has 1 saturated heterocycles. The maximum absolute atomic E-state index is 12.5. The smallest absolute Gasteiger partial charge is 0.387 e. The van der Waals surface area contributed by atoms with E-state index in [1.54, 1.807) is 12.1 Å². The van der Waals surface area contributed by atoms with E-state index in [1.165, 1.54) is 5.56 Å². The Morgan fingerprint density at radius 3 is 2.39 bits per heavy atom. The fourth-order valence-electron chi connectivity index (χ4n) is 3.22. The first-order valence-corrected chi connectivity index (χ1v) is 9.28. The van der Waals surface area contributed by atoms with Crippen molar-refractivity contribution in [2.24, 2.45) is 0 Å². The molecule has 156 valence electrons. The van der Waals surface area contributed by atoms with Gasteiger partial charge in [0.1, 0.15) is 5.75 Å². The minimum absolute atomic E-state index is 0. The van der Waals surface area contributed by atoms with Crippen LogP contribution in [0.15, 0.2) is 54.6 Å². The number of alkyl halides is 2. The van der Waals surface area contributed by atoms with E-state index in [1.807, 2.05) is 44.4 Å². The molecule has 2 aromatic rings. The minimum Gasteiger partial charge on any atom is -0.434 e. The fraction of sp³-hybridized carbons (Fsp3) is 0.429. The molecule has 1 heterocycles. The van der Waals surface area contributed by atoms with Gasteiger partial charge in [-0.1, -0.05) is 48.5 Å². The Hall–Kier alpha value is -1.73. The van der Waals surface area contributed by atoms with Gasteiger partial charge in [-0.15, -0.1) is 12.4 Å². The largest absolute Gasteiger partial charge is 0.434 e. The summed E-state index contributed by atoms with van der Waals surface area (Å²) in [7, 11) is 3.75. The molecule has 0 amide bonds. The quantitative estimate of drug-likeness (QED) is 0.666. The summed E-state index contributed by atoms with van der Waals surface area (Å²) in [6.45, 7) is -1.32. The van der Waals surface area contributed by atoms with E-state index in [-0.39, 0.29) is 30.2 Å². The van der Waals surface area contributed by atoms with Crippen LogP contribution in [0.25, 0.3) is 0 Å². The molecule has 1 aliphatic heterocycles. The van der Waals surface area contributed by atoms with Crippen LogP contribution in [0.2, 0.25) is 0 Å². The van der Waals surface area contributed by atoms with Crippen molar-refractivity contribution < 1.29 is 13.5 Å². The number of benzene rings is 2. The van der Waals surface area contributed by atoms with E-state index >= 15 is 0 Å². The number of hydrogen-bond acceptors (Lipinski definition) is 4. The summed E-state index contributed by atoms with van der Waals surface area (Å²) in [5.41, 5.74) is 1.99. The van der Waals surface area contributed by atoms with Gasteiger partial charge in [0.05, 0.1) is 0 Å². The summed E-state index contributed by atoms with van der Waals surface area (Å²) >= 11 is 0. The van der Waals surface area contributed by atoms with Crippen molar-refractivity contribution in [1.82, 2.24) is 16.0 Å². The molecular formula is C21H30ClF2N3O. The molecule has 2 aromatic carbocycles. The molecule has 0 radical (unpaired) electrons. The lowest BCUT2D eigenvalue weighted by atomic mass is 9.92. The van der Waals surface area contributed by atoms with Crippen LogP contribution in [0.1, 0.15) is 30.0 Å². The third kappa shape index (κ3) is 7.72. The molecule has 28 heavy (non-hydrogen) atoms. The number of para-hydroxylation sites is 1. The Labute approximate surface area is 172 Å². The van der Waals surface area contributed by atoms with Crippen LogP contribution in [-0.2, 0) is 6.54 Å². The van der Waals surface area contributed by atoms with E-state index in [4.69, 9.17) is 0 Å². The molecule has 2 atom stereocenters. The van der Waals surface area contributed by atoms with Gasteiger partial charge in [-0.05, 0) is 45.1 Å². The zero-order valence-electron chi connectivity index (χ0n) is 16.3. The van der Waals surface area contributed by atoms with Crippen molar-refractivity contribution in [3.63, 3.8) is 0 Å². The van der Waals surface area contributed by atoms with Crippen LogP contribution in [0, 0.1) is 0 Å². The Morgan fingerprint density at radius 1 is 1.07 bits per heavy atom. The van der Waals surface area contributed by atoms with E-state index in [2.05, 4.69) is 32.8 Å². The van der Waals surface area contributed by atoms with Crippen LogP contribution in [0.5, 0.6) is 5.75 Å². The van der Waals surface area contributed by atoms with Crippen molar-refractivity contribution in [2.75, 3.05) is 20.6 Å². The van der Waals surface area contributed by atoms with Gasteiger partial charge >= 0.3 is 6.61 Å². The predicted molar refractivity (Wildman–Crippen MR) is 112 cm³/mol. The first-order chi connectivity index (χ1) is 13.2. The fourth-order valence-corrected chi connectivity index (χ4v) is 3.22. The van der Waals surface area contributed by atoms with Gasteiger partial charge in [-0.25, -0.2) is 0 Å². The predicted octanol–water partition coefficient (Wildman–Crippen LogP) is 4.13. The number of rotatable bonds is 6. The summed E-state index contributed by atoms with van der Waals surface area (Å²) in [5.74, 6) is 0.236. The molecule has 7 heteroatoms. The molecule has 3 rings (SSSR count). The Morgan fingerprint density at radius 2 is 1.71 bits per heavy atom. The first-order valence-electron chi connectivity index (χ1n) is 9.28.